The van der Waals surface area contributed by atoms with Gasteiger partial charge in [0.1, 0.15) is 4.90 Å². The first-order valence-corrected chi connectivity index (χ1v) is 10.5. The van der Waals surface area contributed by atoms with Gasteiger partial charge in [0.2, 0.25) is 10.0 Å². The van der Waals surface area contributed by atoms with Crippen LogP contribution >= 0.6 is 34.8 Å². The fourth-order valence-electron chi connectivity index (χ4n) is 3.06. The largest absolute Gasteiger partial charge is 0.358 e. The Balaban J connectivity index is 1.88. The first kappa shape index (κ1) is 19.5. The lowest BCUT2D eigenvalue weighted by Gasteiger charge is -2.16. The van der Waals surface area contributed by atoms with Crippen molar-refractivity contribution in [1.82, 2.24) is 9.71 Å². The molecule has 3 aromatic rings. The van der Waals surface area contributed by atoms with Gasteiger partial charge in [-0.15, -0.1) is 0 Å². The van der Waals surface area contributed by atoms with Crippen LogP contribution in [0.3, 0.4) is 0 Å². The molecule has 2 N–H and O–H groups in total. The van der Waals surface area contributed by atoms with E-state index in [4.69, 9.17) is 34.8 Å². The molecule has 0 aliphatic heterocycles. The van der Waals surface area contributed by atoms with Crippen LogP contribution in [0.25, 0.3) is 10.9 Å². The average molecular weight is 432 g/mol. The molecular formula is C18H17Cl3N2O2S. The fraction of sp³-hybridized carbons (Fsp3) is 0.222. The van der Waals surface area contributed by atoms with Crippen molar-refractivity contribution in [3.63, 3.8) is 0 Å². The molecule has 8 heteroatoms. The summed E-state index contributed by atoms with van der Waals surface area (Å²) < 4.78 is 28.1. The zero-order valence-electron chi connectivity index (χ0n) is 14.1. The highest BCUT2D eigenvalue weighted by Crippen LogP contribution is 2.33. The van der Waals surface area contributed by atoms with Crippen molar-refractivity contribution < 1.29 is 8.42 Å². The number of aromatic amines is 1. The maximum Gasteiger partial charge on any atom is 0.243 e. The third-order valence-electron chi connectivity index (χ3n) is 4.13. The van der Waals surface area contributed by atoms with Crippen molar-refractivity contribution in [2.24, 2.45) is 0 Å². The molecule has 0 saturated carbocycles. The minimum absolute atomic E-state index is 0.00882. The van der Waals surface area contributed by atoms with E-state index in [0.717, 1.165) is 22.2 Å². The van der Waals surface area contributed by atoms with E-state index in [-0.39, 0.29) is 26.0 Å². The molecule has 2 aromatic carbocycles. The third kappa shape index (κ3) is 3.87. The molecule has 1 unspecified atom stereocenters. The van der Waals surface area contributed by atoms with Crippen LogP contribution in [0.1, 0.15) is 18.2 Å². The van der Waals surface area contributed by atoms with E-state index in [9.17, 15) is 8.42 Å². The van der Waals surface area contributed by atoms with Crippen LogP contribution in [0, 0.1) is 6.92 Å². The Morgan fingerprint density at radius 1 is 1.12 bits per heavy atom. The van der Waals surface area contributed by atoms with Crippen LogP contribution in [0.4, 0.5) is 0 Å². The fourth-order valence-corrected chi connectivity index (χ4v) is 5.84. The van der Waals surface area contributed by atoms with Gasteiger partial charge in [-0.25, -0.2) is 13.1 Å². The summed E-state index contributed by atoms with van der Waals surface area (Å²) in [4.78, 5) is 3.16. The quantitative estimate of drug-likeness (QED) is 0.572. The third-order valence-corrected chi connectivity index (χ3v) is 6.85. The Bertz CT molecular complexity index is 1050. The second-order valence-electron chi connectivity index (χ2n) is 6.20. The van der Waals surface area contributed by atoms with Gasteiger partial charge in [0.05, 0.1) is 10.0 Å². The average Bonchev–Trinajstić information content (AvgIpc) is 2.81. The van der Waals surface area contributed by atoms with Gasteiger partial charge in [0.15, 0.2) is 0 Å². The number of para-hydroxylation sites is 1. The molecule has 0 fully saturated rings. The van der Waals surface area contributed by atoms with Crippen LogP contribution in [-0.2, 0) is 16.4 Å². The van der Waals surface area contributed by atoms with Crippen molar-refractivity contribution >= 4 is 55.7 Å². The molecule has 1 atom stereocenters. The van der Waals surface area contributed by atoms with Crippen molar-refractivity contribution in [3.05, 3.63) is 62.7 Å². The number of rotatable bonds is 5. The Hall–Kier alpha value is -1.24. The van der Waals surface area contributed by atoms with Gasteiger partial charge < -0.3 is 4.98 Å². The number of halogens is 3. The van der Waals surface area contributed by atoms with E-state index >= 15 is 0 Å². The standard InChI is InChI=1S/C18H17Cl3N2O2S/c1-10(7-14-11(2)22-17-6-4-3-5-13(14)17)23-26(24,25)18-15(20)8-12(19)9-16(18)21/h3-6,8-10,22-23H,7H2,1-2H3. The molecule has 3 rings (SSSR count). The molecule has 0 saturated heterocycles. The summed E-state index contributed by atoms with van der Waals surface area (Å²) in [5, 5.41) is 1.34. The van der Waals surface area contributed by atoms with Crippen LogP contribution in [0.2, 0.25) is 15.1 Å². The number of aromatic nitrogens is 1. The molecule has 0 bridgehead atoms. The SMILES string of the molecule is Cc1[nH]c2ccccc2c1CC(C)NS(=O)(=O)c1c(Cl)cc(Cl)cc1Cl. The molecule has 4 nitrogen and oxygen atoms in total. The lowest BCUT2D eigenvalue weighted by atomic mass is 10.0. The Morgan fingerprint density at radius 2 is 1.73 bits per heavy atom. The molecule has 0 radical (unpaired) electrons. The molecule has 0 aliphatic carbocycles. The smallest absolute Gasteiger partial charge is 0.243 e. The maximum atomic E-state index is 12.7. The normalized spacial score (nSPS) is 13.3. The molecule has 1 aromatic heterocycles. The van der Waals surface area contributed by atoms with E-state index in [1.807, 2.05) is 31.2 Å². The van der Waals surface area contributed by atoms with Gasteiger partial charge in [0, 0.05) is 27.7 Å². The highest BCUT2D eigenvalue weighted by Gasteiger charge is 2.25. The van der Waals surface area contributed by atoms with E-state index in [1.54, 1.807) is 6.92 Å². The summed E-state index contributed by atoms with van der Waals surface area (Å²) in [7, 11) is -3.89. The highest BCUT2D eigenvalue weighted by atomic mass is 35.5. The predicted molar refractivity (Wildman–Crippen MR) is 108 cm³/mol. The van der Waals surface area contributed by atoms with Gasteiger partial charge in [0.25, 0.3) is 0 Å². The first-order valence-electron chi connectivity index (χ1n) is 7.92. The summed E-state index contributed by atoms with van der Waals surface area (Å²) in [6.07, 6.45) is 0.526. The van der Waals surface area contributed by atoms with Crippen LogP contribution in [0.5, 0.6) is 0 Å². The summed E-state index contributed by atoms with van der Waals surface area (Å²) in [6.45, 7) is 3.78. The summed E-state index contributed by atoms with van der Waals surface area (Å²) >= 11 is 18.0. The minimum atomic E-state index is -3.89. The van der Waals surface area contributed by atoms with Gasteiger partial charge in [-0.3, -0.25) is 0 Å². The summed E-state index contributed by atoms with van der Waals surface area (Å²) in [5.74, 6) is 0. The predicted octanol–water partition coefficient (Wildman–Crippen LogP) is 5.35. The number of fused-ring (bicyclic) bond motifs is 1. The Morgan fingerprint density at radius 3 is 2.38 bits per heavy atom. The number of sulfonamides is 1. The Labute approximate surface area is 167 Å². The summed E-state index contributed by atoms with van der Waals surface area (Å²) in [6, 6.07) is 10.3. The molecular weight excluding hydrogens is 415 g/mol. The second-order valence-corrected chi connectivity index (χ2v) is 9.10. The van der Waals surface area contributed by atoms with Gasteiger partial charge in [-0.2, -0.15) is 0 Å². The lowest BCUT2D eigenvalue weighted by Crippen LogP contribution is -2.34. The number of nitrogens with one attached hydrogen (secondary N) is 2. The summed E-state index contributed by atoms with van der Waals surface area (Å²) in [5.41, 5.74) is 3.11. The van der Waals surface area contributed by atoms with Gasteiger partial charge in [-0.1, -0.05) is 53.0 Å². The van der Waals surface area contributed by atoms with Crippen molar-refractivity contribution in [2.75, 3.05) is 0 Å². The zero-order valence-corrected chi connectivity index (χ0v) is 17.2. The van der Waals surface area contributed by atoms with Crippen LogP contribution in [-0.4, -0.2) is 19.4 Å². The molecule has 0 aliphatic rings. The highest BCUT2D eigenvalue weighted by molar-refractivity contribution is 7.89. The maximum absolute atomic E-state index is 12.7. The van der Waals surface area contributed by atoms with Gasteiger partial charge >= 0.3 is 0 Å². The number of aryl methyl sites for hydroxylation is 1. The van der Waals surface area contributed by atoms with Crippen molar-refractivity contribution in [2.45, 2.75) is 31.2 Å². The van der Waals surface area contributed by atoms with E-state index in [0.29, 0.717) is 6.42 Å². The second kappa shape index (κ2) is 7.41. The zero-order chi connectivity index (χ0) is 19.1. The molecule has 1 heterocycles. The molecule has 0 spiro atoms. The number of hydrogen-bond donors (Lipinski definition) is 2. The monoisotopic (exact) mass is 430 g/mol. The topological polar surface area (TPSA) is 62.0 Å². The minimum Gasteiger partial charge on any atom is -0.358 e. The molecule has 138 valence electrons. The Kier molecular flexibility index (Phi) is 5.56. The van der Waals surface area contributed by atoms with Crippen LogP contribution in [0.15, 0.2) is 41.3 Å². The van der Waals surface area contributed by atoms with Crippen LogP contribution < -0.4 is 4.72 Å². The molecule has 0 amide bonds. The van der Waals surface area contributed by atoms with E-state index < -0.39 is 10.0 Å². The van der Waals surface area contributed by atoms with Gasteiger partial charge in [-0.05, 0) is 44.0 Å². The van der Waals surface area contributed by atoms with Crippen molar-refractivity contribution in [1.29, 1.82) is 0 Å². The molecule has 26 heavy (non-hydrogen) atoms. The van der Waals surface area contributed by atoms with E-state index in [2.05, 4.69) is 9.71 Å². The number of benzene rings is 2. The number of H-pyrrole nitrogens is 1. The lowest BCUT2D eigenvalue weighted by molar-refractivity contribution is 0.560. The van der Waals surface area contributed by atoms with E-state index in [1.165, 1.54) is 12.1 Å². The first-order chi connectivity index (χ1) is 12.2. The van der Waals surface area contributed by atoms with Crippen molar-refractivity contribution in [3.8, 4) is 0 Å². The number of hydrogen-bond acceptors (Lipinski definition) is 2.